The largest absolute Gasteiger partial charge is 0.469 e. The van der Waals surface area contributed by atoms with Crippen molar-refractivity contribution in [2.75, 3.05) is 23.8 Å². The monoisotopic (exact) mass is 274 g/mol. The zero-order valence-corrected chi connectivity index (χ0v) is 12.6. The molecule has 2 aromatic heterocycles. The topological polar surface area (TPSA) is 54.2 Å². The second kappa shape index (κ2) is 6.41. The lowest BCUT2D eigenvalue weighted by Gasteiger charge is -2.19. The van der Waals surface area contributed by atoms with Crippen molar-refractivity contribution in [2.24, 2.45) is 0 Å². The van der Waals surface area contributed by atoms with Gasteiger partial charge in [0.25, 0.3) is 0 Å². The van der Waals surface area contributed by atoms with Crippen LogP contribution in [0.4, 0.5) is 11.6 Å². The van der Waals surface area contributed by atoms with E-state index >= 15 is 0 Å². The van der Waals surface area contributed by atoms with Gasteiger partial charge in [0.05, 0.1) is 6.26 Å². The first-order chi connectivity index (χ1) is 9.63. The Balaban J connectivity index is 2.22. The van der Waals surface area contributed by atoms with Crippen molar-refractivity contribution in [1.29, 1.82) is 0 Å². The van der Waals surface area contributed by atoms with E-state index in [4.69, 9.17) is 4.42 Å². The van der Waals surface area contributed by atoms with Gasteiger partial charge in [0.1, 0.15) is 23.2 Å². The minimum Gasteiger partial charge on any atom is -0.469 e. The van der Waals surface area contributed by atoms with Gasteiger partial charge >= 0.3 is 0 Å². The summed E-state index contributed by atoms with van der Waals surface area (Å²) < 4.78 is 5.34. The summed E-state index contributed by atoms with van der Waals surface area (Å²) in [7, 11) is 2.03. The molecule has 2 rings (SSSR count). The lowest BCUT2D eigenvalue weighted by atomic mass is 10.2. The van der Waals surface area contributed by atoms with Crippen LogP contribution in [-0.4, -0.2) is 23.6 Å². The number of hydrogen-bond donors (Lipinski definition) is 1. The van der Waals surface area contributed by atoms with E-state index in [1.807, 2.05) is 26.1 Å². The second-order valence-electron chi connectivity index (χ2n) is 4.77. The number of aryl methyl sites for hydroxylation is 2. The van der Waals surface area contributed by atoms with Gasteiger partial charge in [-0.2, -0.15) is 0 Å². The molecule has 0 aliphatic heterocycles. The fourth-order valence-electron chi connectivity index (χ4n) is 2.02. The van der Waals surface area contributed by atoms with Crippen molar-refractivity contribution < 1.29 is 4.42 Å². The van der Waals surface area contributed by atoms with Gasteiger partial charge in [-0.15, -0.1) is 0 Å². The van der Waals surface area contributed by atoms with Crippen molar-refractivity contribution in [1.82, 2.24) is 9.97 Å². The zero-order valence-electron chi connectivity index (χ0n) is 12.6. The molecule has 2 aromatic rings. The molecule has 0 saturated carbocycles. The Bertz CT molecular complexity index is 565. The van der Waals surface area contributed by atoms with Gasteiger partial charge < -0.3 is 14.6 Å². The van der Waals surface area contributed by atoms with Gasteiger partial charge in [-0.1, -0.05) is 6.92 Å². The molecule has 0 saturated heterocycles. The lowest BCUT2D eigenvalue weighted by Crippen LogP contribution is -2.19. The number of furan rings is 1. The molecule has 0 aliphatic rings. The first-order valence-electron chi connectivity index (χ1n) is 7.00. The minimum absolute atomic E-state index is 0.772. The molecule has 1 N–H and O–H groups in total. The standard InChI is InChI=1S/C15H22N4O/c1-5-13-17-14(16-6-2)9-15(18-13)19(4)10-12-7-8-20-11(12)3/h7-9H,5-6,10H2,1-4H3,(H,16,17,18). The fourth-order valence-corrected chi connectivity index (χ4v) is 2.02. The van der Waals surface area contributed by atoms with E-state index < -0.39 is 0 Å². The average Bonchev–Trinajstić information content (AvgIpc) is 2.84. The van der Waals surface area contributed by atoms with Crippen molar-refractivity contribution in [3.05, 3.63) is 35.5 Å². The van der Waals surface area contributed by atoms with Crippen LogP contribution in [0.1, 0.15) is 31.0 Å². The molecule has 0 bridgehead atoms. The Labute approximate surface area is 120 Å². The maximum absolute atomic E-state index is 5.34. The van der Waals surface area contributed by atoms with Crippen LogP contribution in [0.3, 0.4) is 0 Å². The molecule has 0 atom stereocenters. The maximum Gasteiger partial charge on any atom is 0.134 e. The number of nitrogens with one attached hydrogen (secondary N) is 1. The van der Waals surface area contributed by atoms with E-state index in [1.165, 1.54) is 5.56 Å². The van der Waals surface area contributed by atoms with Crippen molar-refractivity contribution >= 4 is 11.6 Å². The van der Waals surface area contributed by atoms with Gasteiger partial charge in [-0.05, 0) is 19.9 Å². The normalized spacial score (nSPS) is 10.6. The molecule has 108 valence electrons. The Morgan fingerprint density at radius 1 is 1.30 bits per heavy atom. The molecular formula is C15H22N4O. The van der Waals surface area contributed by atoms with Crippen LogP contribution < -0.4 is 10.2 Å². The highest BCUT2D eigenvalue weighted by molar-refractivity contribution is 5.49. The second-order valence-corrected chi connectivity index (χ2v) is 4.77. The predicted molar refractivity (Wildman–Crippen MR) is 81.1 cm³/mol. The van der Waals surface area contributed by atoms with Crippen LogP contribution in [0, 0.1) is 6.92 Å². The Morgan fingerprint density at radius 2 is 2.10 bits per heavy atom. The Kier molecular flexibility index (Phi) is 4.61. The van der Waals surface area contributed by atoms with E-state index in [2.05, 4.69) is 34.0 Å². The van der Waals surface area contributed by atoms with E-state index in [0.29, 0.717) is 0 Å². The summed E-state index contributed by atoms with van der Waals surface area (Å²) in [5, 5.41) is 3.25. The number of aromatic nitrogens is 2. The van der Waals surface area contributed by atoms with Crippen LogP contribution in [0.15, 0.2) is 22.8 Å². The summed E-state index contributed by atoms with van der Waals surface area (Å²) >= 11 is 0. The van der Waals surface area contributed by atoms with E-state index in [9.17, 15) is 0 Å². The third kappa shape index (κ3) is 3.29. The molecule has 0 aromatic carbocycles. The van der Waals surface area contributed by atoms with Crippen LogP contribution in [-0.2, 0) is 13.0 Å². The summed E-state index contributed by atoms with van der Waals surface area (Å²) in [5.41, 5.74) is 1.18. The molecule has 5 nitrogen and oxygen atoms in total. The highest BCUT2D eigenvalue weighted by Gasteiger charge is 2.10. The van der Waals surface area contributed by atoms with Crippen LogP contribution in [0.25, 0.3) is 0 Å². The number of rotatable bonds is 6. The molecule has 0 aliphatic carbocycles. The van der Waals surface area contributed by atoms with E-state index in [0.717, 1.165) is 42.7 Å². The summed E-state index contributed by atoms with van der Waals surface area (Å²) in [6.45, 7) is 7.73. The SMILES string of the molecule is CCNc1cc(N(C)Cc2ccoc2C)nc(CC)n1. The smallest absolute Gasteiger partial charge is 0.134 e. The molecule has 0 unspecified atom stereocenters. The molecule has 0 fully saturated rings. The van der Waals surface area contributed by atoms with Crippen LogP contribution >= 0.6 is 0 Å². The highest BCUT2D eigenvalue weighted by Crippen LogP contribution is 2.19. The van der Waals surface area contributed by atoms with Crippen molar-refractivity contribution in [2.45, 2.75) is 33.7 Å². The zero-order chi connectivity index (χ0) is 14.5. The molecule has 5 heteroatoms. The van der Waals surface area contributed by atoms with Gasteiger partial charge in [0, 0.05) is 38.2 Å². The Morgan fingerprint density at radius 3 is 2.70 bits per heavy atom. The molecule has 0 spiro atoms. The molecule has 0 amide bonds. The maximum atomic E-state index is 5.34. The van der Waals surface area contributed by atoms with Gasteiger partial charge in [-0.3, -0.25) is 0 Å². The van der Waals surface area contributed by atoms with Gasteiger partial charge in [-0.25, -0.2) is 9.97 Å². The molecule has 0 radical (unpaired) electrons. The minimum atomic E-state index is 0.772. The first kappa shape index (κ1) is 14.4. The van der Waals surface area contributed by atoms with E-state index in [-0.39, 0.29) is 0 Å². The number of nitrogens with zero attached hydrogens (tertiary/aromatic N) is 3. The van der Waals surface area contributed by atoms with Gasteiger partial charge in [0.2, 0.25) is 0 Å². The predicted octanol–water partition coefficient (Wildman–Crippen LogP) is 3.01. The summed E-state index contributed by atoms with van der Waals surface area (Å²) in [4.78, 5) is 11.2. The first-order valence-corrected chi connectivity index (χ1v) is 7.00. The Hall–Kier alpha value is -2.04. The van der Waals surface area contributed by atoms with E-state index in [1.54, 1.807) is 6.26 Å². The van der Waals surface area contributed by atoms with Gasteiger partial charge in [0.15, 0.2) is 0 Å². The number of anilines is 2. The third-order valence-corrected chi connectivity index (χ3v) is 3.20. The number of hydrogen-bond acceptors (Lipinski definition) is 5. The summed E-state index contributed by atoms with van der Waals surface area (Å²) in [5.74, 6) is 3.61. The molecule has 20 heavy (non-hydrogen) atoms. The third-order valence-electron chi connectivity index (χ3n) is 3.20. The lowest BCUT2D eigenvalue weighted by molar-refractivity contribution is 0.529. The fraction of sp³-hybridized carbons (Fsp3) is 0.467. The summed E-state index contributed by atoms with van der Waals surface area (Å²) in [6.07, 6.45) is 2.55. The molecular weight excluding hydrogens is 252 g/mol. The van der Waals surface area contributed by atoms with Crippen molar-refractivity contribution in [3.8, 4) is 0 Å². The summed E-state index contributed by atoms with van der Waals surface area (Å²) in [6, 6.07) is 3.98. The average molecular weight is 274 g/mol. The highest BCUT2D eigenvalue weighted by atomic mass is 16.3. The quantitative estimate of drug-likeness (QED) is 0.877. The van der Waals surface area contributed by atoms with Crippen LogP contribution in [0.5, 0.6) is 0 Å². The molecule has 2 heterocycles. The van der Waals surface area contributed by atoms with Crippen molar-refractivity contribution in [3.63, 3.8) is 0 Å². The van der Waals surface area contributed by atoms with Crippen LogP contribution in [0.2, 0.25) is 0 Å².